The van der Waals surface area contributed by atoms with Gasteiger partial charge in [-0.3, -0.25) is 0 Å². The van der Waals surface area contributed by atoms with Crippen LogP contribution in [0.1, 0.15) is 5.56 Å². The van der Waals surface area contributed by atoms with Crippen molar-refractivity contribution in [3.05, 3.63) is 60.2 Å². The first kappa shape index (κ1) is 19.3. The lowest BCUT2D eigenvalue weighted by molar-refractivity contribution is 0.415. The van der Waals surface area contributed by atoms with Crippen LogP contribution in [0.25, 0.3) is 22.4 Å². The van der Waals surface area contributed by atoms with Gasteiger partial charge in [-0.1, -0.05) is 23.9 Å². The first-order valence-electron chi connectivity index (χ1n) is 8.44. The minimum Gasteiger partial charge on any atom is -0.497 e. The highest BCUT2D eigenvalue weighted by Crippen LogP contribution is 2.35. The van der Waals surface area contributed by atoms with Gasteiger partial charge in [0.15, 0.2) is 0 Å². The SMILES string of the molecule is COc1ccc(-c2cc(-c3ccc(OC)cc3)c(C#N)c(SCC#N)n2)cc1. The molecule has 0 aliphatic rings. The molecule has 3 aromatic rings. The van der Waals surface area contributed by atoms with Gasteiger partial charge in [-0.25, -0.2) is 4.98 Å². The second-order valence-electron chi connectivity index (χ2n) is 5.75. The van der Waals surface area contributed by atoms with Crippen molar-refractivity contribution in [3.8, 4) is 46.0 Å². The van der Waals surface area contributed by atoms with Crippen LogP contribution in [0.2, 0.25) is 0 Å². The molecule has 6 heteroatoms. The number of rotatable bonds is 6. The van der Waals surface area contributed by atoms with Crippen molar-refractivity contribution in [1.82, 2.24) is 4.98 Å². The van der Waals surface area contributed by atoms with E-state index >= 15 is 0 Å². The van der Waals surface area contributed by atoms with Gasteiger partial charge in [0.25, 0.3) is 0 Å². The summed E-state index contributed by atoms with van der Waals surface area (Å²) in [5.74, 6) is 1.72. The molecule has 0 fully saturated rings. The van der Waals surface area contributed by atoms with E-state index in [9.17, 15) is 5.26 Å². The number of benzene rings is 2. The molecular formula is C22H17N3O2S. The lowest BCUT2D eigenvalue weighted by Crippen LogP contribution is -1.96. The Morgan fingerprint density at radius 2 is 1.46 bits per heavy atom. The number of hydrogen-bond acceptors (Lipinski definition) is 6. The van der Waals surface area contributed by atoms with Crippen LogP contribution in [0.15, 0.2) is 59.6 Å². The molecule has 0 saturated carbocycles. The Bertz CT molecular complexity index is 1050. The molecule has 0 atom stereocenters. The van der Waals surface area contributed by atoms with Gasteiger partial charge < -0.3 is 9.47 Å². The van der Waals surface area contributed by atoms with Gasteiger partial charge in [0, 0.05) is 11.1 Å². The fourth-order valence-electron chi connectivity index (χ4n) is 2.74. The Hall–Kier alpha value is -3.48. The zero-order valence-corrected chi connectivity index (χ0v) is 16.3. The number of aromatic nitrogens is 1. The molecule has 28 heavy (non-hydrogen) atoms. The summed E-state index contributed by atoms with van der Waals surface area (Å²) < 4.78 is 10.4. The van der Waals surface area contributed by atoms with Gasteiger partial charge in [-0.2, -0.15) is 10.5 Å². The standard InChI is InChI=1S/C22H17N3O2S/c1-26-17-7-3-15(4-8-17)19-13-21(16-5-9-18(27-2)10-6-16)25-22(20(19)14-24)28-12-11-23/h3-10,13H,12H2,1-2H3. The van der Waals surface area contributed by atoms with Gasteiger partial charge in [-0.15, -0.1) is 0 Å². The third-order valence-corrected chi connectivity index (χ3v) is 5.00. The third kappa shape index (κ3) is 4.09. The summed E-state index contributed by atoms with van der Waals surface area (Å²) >= 11 is 1.26. The van der Waals surface area contributed by atoms with Crippen LogP contribution in [-0.2, 0) is 0 Å². The summed E-state index contributed by atoms with van der Waals surface area (Å²) in [5, 5.41) is 19.3. The van der Waals surface area contributed by atoms with Crippen molar-refractivity contribution < 1.29 is 9.47 Å². The molecule has 0 N–H and O–H groups in total. The van der Waals surface area contributed by atoms with Crippen LogP contribution in [-0.4, -0.2) is 25.0 Å². The lowest BCUT2D eigenvalue weighted by Gasteiger charge is -2.12. The van der Waals surface area contributed by atoms with Crippen molar-refractivity contribution in [3.63, 3.8) is 0 Å². The third-order valence-electron chi connectivity index (χ3n) is 4.16. The van der Waals surface area contributed by atoms with E-state index in [4.69, 9.17) is 14.7 Å². The molecule has 0 radical (unpaired) electrons. The Balaban J connectivity index is 2.17. The quantitative estimate of drug-likeness (QED) is 0.559. The molecule has 0 saturated heterocycles. The predicted octanol–water partition coefficient (Wildman–Crippen LogP) is 4.92. The predicted molar refractivity (Wildman–Crippen MR) is 109 cm³/mol. The Morgan fingerprint density at radius 1 is 0.893 bits per heavy atom. The van der Waals surface area contributed by atoms with Gasteiger partial charge in [0.2, 0.25) is 0 Å². The maximum absolute atomic E-state index is 9.76. The number of thioether (sulfide) groups is 1. The van der Waals surface area contributed by atoms with E-state index in [2.05, 4.69) is 17.1 Å². The van der Waals surface area contributed by atoms with E-state index in [-0.39, 0.29) is 5.75 Å². The Labute approximate surface area is 168 Å². The zero-order chi connectivity index (χ0) is 19.9. The monoisotopic (exact) mass is 387 g/mol. The Kier molecular flexibility index (Phi) is 6.16. The number of nitriles is 2. The molecule has 0 aliphatic heterocycles. The minimum absolute atomic E-state index is 0.218. The molecule has 0 amide bonds. The highest BCUT2D eigenvalue weighted by Gasteiger charge is 2.16. The van der Waals surface area contributed by atoms with E-state index in [0.29, 0.717) is 10.6 Å². The molecule has 0 unspecified atom stereocenters. The molecule has 1 aromatic heterocycles. The first-order valence-corrected chi connectivity index (χ1v) is 9.42. The summed E-state index contributed by atoms with van der Waals surface area (Å²) in [5.41, 5.74) is 3.74. The average Bonchev–Trinajstić information content (AvgIpc) is 2.77. The number of pyridine rings is 1. The van der Waals surface area contributed by atoms with E-state index < -0.39 is 0 Å². The lowest BCUT2D eigenvalue weighted by atomic mass is 9.99. The number of ether oxygens (including phenoxy) is 2. The van der Waals surface area contributed by atoms with E-state index in [1.807, 2.05) is 54.6 Å². The van der Waals surface area contributed by atoms with Crippen LogP contribution in [0.5, 0.6) is 11.5 Å². The summed E-state index contributed by atoms with van der Waals surface area (Å²) in [6.45, 7) is 0. The summed E-state index contributed by atoms with van der Waals surface area (Å²) in [7, 11) is 3.23. The maximum Gasteiger partial charge on any atom is 0.118 e. The summed E-state index contributed by atoms with van der Waals surface area (Å²) in [6, 6.07) is 21.3. The van der Waals surface area contributed by atoms with Crippen molar-refractivity contribution in [2.45, 2.75) is 5.03 Å². The Morgan fingerprint density at radius 3 is 1.96 bits per heavy atom. The number of hydrogen-bond donors (Lipinski definition) is 0. The topological polar surface area (TPSA) is 78.9 Å². The largest absolute Gasteiger partial charge is 0.497 e. The molecule has 0 spiro atoms. The fourth-order valence-corrected chi connectivity index (χ4v) is 3.41. The van der Waals surface area contributed by atoms with E-state index in [0.717, 1.165) is 33.9 Å². The van der Waals surface area contributed by atoms with Crippen molar-refractivity contribution >= 4 is 11.8 Å². The first-order chi connectivity index (χ1) is 13.7. The molecule has 2 aromatic carbocycles. The normalized spacial score (nSPS) is 10.0. The van der Waals surface area contributed by atoms with Gasteiger partial charge in [-0.05, 0) is 48.0 Å². The second-order valence-corrected chi connectivity index (χ2v) is 6.71. The molecule has 0 aliphatic carbocycles. The van der Waals surface area contributed by atoms with E-state index in [1.54, 1.807) is 14.2 Å². The van der Waals surface area contributed by atoms with Crippen LogP contribution in [0, 0.1) is 22.7 Å². The van der Waals surface area contributed by atoms with Crippen LogP contribution < -0.4 is 9.47 Å². The van der Waals surface area contributed by atoms with Crippen LogP contribution >= 0.6 is 11.8 Å². The average molecular weight is 387 g/mol. The molecular weight excluding hydrogens is 370 g/mol. The highest BCUT2D eigenvalue weighted by atomic mass is 32.2. The maximum atomic E-state index is 9.76. The molecule has 3 rings (SSSR count). The zero-order valence-electron chi connectivity index (χ0n) is 15.5. The number of methoxy groups -OCH3 is 2. The van der Waals surface area contributed by atoms with Gasteiger partial charge >= 0.3 is 0 Å². The van der Waals surface area contributed by atoms with E-state index in [1.165, 1.54) is 11.8 Å². The van der Waals surface area contributed by atoms with Crippen molar-refractivity contribution in [2.24, 2.45) is 0 Å². The van der Waals surface area contributed by atoms with Crippen molar-refractivity contribution in [1.29, 1.82) is 10.5 Å². The van der Waals surface area contributed by atoms with Crippen LogP contribution in [0.4, 0.5) is 0 Å². The molecule has 0 bridgehead atoms. The number of nitrogens with zero attached hydrogens (tertiary/aromatic N) is 3. The van der Waals surface area contributed by atoms with Gasteiger partial charge in [0.1, 0.15) is 22.6 Å². The second kappa shape index (κ2) is 8.94. The smallest absolute Gasteiger partial charge is 0.118 e. The summed E-state index contributed by atoms with van der Waals surface area (Å²) in [6.07, 6.45) is 0. The molecule has 1 heterocycles. The molecule has 5 nitrogen and oxygen atoms in total. The van der Waals surface area contributed by atoms with Crippen molar-refractivity contribution in [2.75, 3.05) is 20.0 Å². The highest BCUT2D eigenvalue weighted by molar-refractivity contribution is 7.99. The van der Waals surface area contributed by atoms with Crippen LogP contribution in [0.3, 0.4) is 0 Å². The van der Waals surface area contributed by atoms with Gasteiger partial charge in [0.05, 0.1) is 37.3 Å². The fraction of sp³-hybridized carbons (Fsp3) is 0.136. The minimum atomic E-state index is 0.218. The summed E-state index contributed by atoms with van der Waals surface area (Å²) in [4.78, 5) is 4.65. The molecule has 138 valence electrons.